The number of aliphatic imine (C=N–C) groups is 1. The fourth-order valence-electron chi connectivity index (χ4n) is 4.60. The molecule has 0 bridgehead atoms. The Morgan fingerprint density at radius 2 is 1.96 bits per heavy atom. The van der Waals surface area contributed by atoms with Crippen molar-refractivity contribution in [2.45, 2.75) is 77.4 Å². The van der Waals surface area contributed by atoms with Crippen LogP contribution in [0.5, 0.6) is 0 Å². The summed E-state index contributed by atoms with van der Waals surface area (Å²) in [6, 6.07) is 0.460. The molecule has 2 N–H and O–H groups in total. The molecule has 1 aliphatic carbocycles. The first-order valence-corrected chi connectivity index (χ1v) is 10.2. The Bertz CT molecular complexity index is 593. The molecule has 0 aromatic rings. The number of hydrogen-bond acceptors (Lipinski definition) is 4. The molecule has 3 heterocycles. The maximum atomic E-state index is 13.1. The zero-order valence-electron chi connectivity index (χ0n) is 15.6. The normalized spacial score (nSPS) is 28.9. The number of fused-ring (bicyclic) bond motifs is 2. The Morgan fingerprint density at radius 1 is 1.16 bits per heavy atom. The summed E-state index contributed by atoms with van der Waals surface area (Å²) in [6.45, 7) is 5.86. The second kappa shape index (κ2) is 6.89. The first-order chi connectivity index (χ1) is 12.2. The van der Waals surface area contributed by atoms with Crippen molar-refractivity contribution in [2.75, 3.05) is 13.1 Å². The van der Waals surface area contributed by atoms with Gasteiger partial charge in [0.2, 0.25) is 0 Å². The number of nitrogens with one attached hydrogen (secondary N) is 2. The summed E-state index contributed by atoms with van der Waals surface area (Å²) in [5, 5.41) is 7.29. The molecule has 3 aliphatic heterocycles. The van der Waals surface area contributed by atoms with Gasteiger partial charge in [0, 0.05) is 19.1 Å². The van der Waals surface area contributed by atoms with Crippen molar-refractivity contribution < 1.29 is 4.79 Å². The topological polar surface area (TPSA) is 60.0 Å². The molecular weight excluding hydrogens is 314 g/mol. The van der Waals surface area contributed by atoms with Crippen molar-refractivity contribution in [3.05, 3.63) is 11.5 Å². The predicted molar refractivity (Wildman–Crippen MR) is 98.9 cm³/mol. The van der Waals surface area contributed by atoms with Gasteiger partial charge in [0.1, 0.15) is 17.7 Å². The average Bonchev–Trinajstić information content (AvgIpc) is 3.34. The third-order valence-electron chi connectivity index (χ3n) is 5.94. The molecule has 0 radical (unpaired) electrons. The van der Waals surface area contributed by atoms with E-state index in [1.807, 2.05) is 9.80 Å². The molecule has 4 rings (SSSR count). The molecule has 2 atom stereocenters. The van der Waals surface area contributed by atoms with Crippen LogP contribution in [0.15, 0.2) is 16.5 Å². The standard InChI is InChI=1S/C19H31N5O/c1-3-5-10-14-12-24-17(20-14)15-18(23(11-4-2)19(24)25)22-16(21-15)13-8-6-7-9-13/h13-14,16,20-21H,3-12H2,1-2H3. The van der Waals surface area contributed by atoms with Gasteiger partial charge in [-0.05, 0) is 31.6 Å². The molecule has 2 amide bonds. The quantitative estimate of drug-likeness (QED) is 0.778. The number of rotatable bonds is 6. The molecule has 6 heteroatoms. The SMILES string of the molecule is CCCCC1CN2C(=O)N(CCC)C3=NC(C4CCCC4)NC3=C2N1. The highest BCUT2D eigenvalue weighted by Crippen LogP contribution is 2.35. The highest BCUT2D eigenvalue weighted by Gasteiger charge is 2.46. The molecule has 4 aliphatic rings. The number of amides is 2. The third-order valence-corrected chi connectivity index (χ3v) is 5.94. The van der Waals surface area contributed by atoms with Crippen LogP contribution >= 0.6 is 0 Å². The van der Waals surface area contributed by atoms with Gasteiger partial charge < -0.3 is 10.6 Å². The maximum absolute atomic E-state index is 13.1. The summed E-state index contributed by atoms with van der Waals surface area (Å²) in [7, 11) is 0. The third kappa shape index (κ3) is 2.89. The summed E-state index contributed by atoms with van der Waals surface area (Å²) in [4.78, 5) is 21.9. The Balaban J connectivity index is 1.62. The number of nitrogens with zero attached hydrogens (tertiary/aromatic N) is 3. The van der Waals surface area contributed by atoms with Crippen molar-refractivity contribution in [2.24, 2.45) is 10.9 Å². The monoisotopic (exact) mass is 345 g/mol. The van der Waals surface area contributed by atoms with E-state index >= 15 is 0 Å². The predicted octanol–water partition coefficient (Wildman–Crippen LogP) is 2.98. The molecule has 2 unspecified atom stereocenters. The fraction of sp³-hybridized carbons (Fsp3) is 0.789. The Morgan fingerprint density at radius 3 is 2.68 bits per heavy atom. The highest BCUT2D eigenvalue weighted by molar-refractivity contribution is 6.11. The summed E-state index contributed by atoms with van der Waals surface area (Å²) in [5.41, 5.74) is 1.06. The second-order valence-corrected chi connectivity index (χ2v) is 7.84. The molecule has 0 aromatic carbocycles. The van der Waals surface area contributed by atoms with E-state index < -0.39 is 0 Å². The van der Waals surface area contributed by atoms with E-state index in [9.17, 15) is 4.79 Å². The second-order valence-electron chi connectivity index (χ2n) is 7.84. The van der Waals surface area contributed by atoms with Gasteiger partial charge in [0.15, 0.2) is 5.84 Å². The summed E-state index contributed by atoms with van der Waals surface area (Å²) < 4.78 is 0. The van der Waals surface area contributed by atoms with E-state index in [1.54, 1.807) is 0 Å². The first kappa shape index (κ1) is 16.7. The largest absolute Gasteiger partial charge is 0.365 e. The Labute approximate surface area is 150 Å². The minimum absolute atomic E-state index is 0.0970. The van der Waals surface area contributed by atoms with Crippen molar-refractivity contribution >= 4 is 11.9 Å². The molecule has 0 spiro atoms. The molecule has 0 aromatic heterocycles. The number of carbonyl (C=O) groups is 1. The van der Waals surface area contributed by atoms with Gasteiger partial charge in [0.25, 0.3) is 0 Å². The number of unbranched alkanes of at least 4 members (excludes halogenated alkanes) is 1. The minimum Gasteiger partial charge on any atom is -0.365 e. The average molecular weight is 345 g/mol. The van der Waals surface area contributed by atoms with E-state index in [0.717, 1.165) is 43.3 Å². The van der Waals surface area contributed by atoms with Crippen LogP contribution in [0.4, 0.5) is 4.79 Å². The van der Waals surface area contributed by atoms with Crippen molar-refractivity contribution in [1.29, 1.82) is 0 Å². The Kier molecular flexibility index (Phi) is 4.61. The van der Waals surface area contributed by atoms with Crippen molar-refractivity contribution in [1.82, 2.24) is 20.4 Å². The molecule has 1 saturated heterocycles. The maximum Gasteiger partial charge on any atom is 0.331 e. The van der Waals surface area contributed by atoms with Crippen LogP contribution in [0, 0.1) is 5.92 Å². The lowest BCUT2D eigenvalue weighted by Crippen LogP contribution is -2.51. The molecule has 1 saturated carbocycles. The van der Waals surface area contributed by atoms with E-state index in [4.69, 9.17) is 4.99 Å². The van der Waals surface area contributed by atoms with Crippen molar-refractivity contribution in [3.63, 3.8) is 0 Å². The number of hydrogen-bond donors (Lipinski definition) is 2. The van der Waals surface area contributed by atoms with Crippen LogP contribution in [-0.4, -0.2) is 47.0 Å². The van der Waals surface area contributed by atoms with Crippen LogP contribution in [-0.2, 0) is 0 Å². The smallest absolute Gasteiger partial charge is 0.331 e. The van der Waals surface area contributed by atoms with Crippen LogP contribution in [0.25, 0.3) is 0 Å². The molecular formula is C19H31N5O. The number of urea groups is 1. The highest BCUT2D eigenvalue weighted by atomic mass is 16.2. The molecule has 6 nitrogen and oxygen atoms in total. The van der Waals surface area contributed by atoms with Gasteiger partial charge in [-0.2, -0.15) is 0 Å². The zero-order valence-corrected chi connectivity index (χ0v) is 15.6. The van der Waals surface area contributed by atoms with Crippen LogP contribution in [0.3, 0.4) is 0 Å². The number of carbonyl (C=O) groups excluding carboxylic acids is 1. The molecule has 138 valence electrons. The van der Waals surface area contributed by atoms with Gasteiger partial charge in [-0.1, -0.05) is 39.5 Å². The van der Waals surface area contributed by atoms with Crippen LogP contribution < -0.4 is 10.6 Å². The zero-order chi connectivity index (χ0) is 17.4. The Hall–Kier alpha value is -1.72. The van der Waals surface area contributed by atoms with Gasteiger partial charge in [-0.3, -0.25) is 9.80 Å². The van der Waals surface area contributed by atoms with E-state index in [-0.39, 0.29) is 12.2 Å². The van der Waals surface area contributed by atoms with Crippen LogP contribution in [0.2, 0.25) is 0 Å². The summed E-state index contributed by atoms with van der Waals surface area (Å²) in [6.07, 6.45) is 9.69. The lowest BCUT2D eigenvalue weighted by Gasteiger charge is -2.33. The lowest BCUT2D eigenvalue weighted by molar-refractivity contribution is 0.189. The summed E-state index contributed by atoms with van der Waals surface area (Å²) >= 11 is 0. The lowest BCUT2D eigenvalue weighted by atomic mass is 10.1. The van der Waals surface area contributed by atoms with Crippen LogP contribution in [0.1, 0.15) is 65.2 Å². The number of amidine groups is 1. The first-order valence-electron chi connectivity index (χ1n) is 10.2. The minimum atomic E-state index is 0.0970. The van der Waals surface area contributed by atoms with Gasteiger partial charge in [0.05, 0.1) is 0 Å². The molecule has 25 heavy (non-hydrogen) atoms. The molecule has 2 fully saturated rings. The summed E-state index contributed by atoms with van der Waals surface area (Å²) in [5.74, 6) is 2.45. The van der Waals surface area contributed by atoms with Gasteiger partial charge in [-0.25, -0.2) is 9.79 Å². The van der Waals surface area contributed by atoms with Crippen molar-refractivity contribution in [3.8, 4) is 0 Å². The van der Waals surface area contributed by atoms with E-state index in [1.165, 1.54) is 38.5 Å². The van der Waals surface area contributed by atoms with Gasteiger partial charge in [-0.15, -0.1) is 0 Å². The fourth-order valence-corrected chi connectivity index (χ4v) is 4.60. The van der Waals surface area contributed by atoms with E-state index in [0.29, 0.717) is 12.0 Å². The van der Waals surface area contributed by atoms with E-state index in [2.05, 4.69) is 24.5 Å². The van der Waals surface area contributed by atoms with Gasteiger partial charge >= 0.3 is 6.03 Å².